The number of nitrogens with one attached hydrogen (secondary N) is 1. The highest BCUT2D eigenvalue weighted by Crippen LogP contribution is 2.29. The number of anilines is 2. The molecule has 3 N–H and O–H groups in total. The van der Waals surface area contributed by atoms with Gasteiger partial charge >= 0.3 is 0 Å². The van der Waals surface area contributed by atoms with Gasteiger partial charge in [0, 0.05) is 31.4 Å². The van der Waals surface area contributed by atoms with Crippen molar-refractivity contribution in [3.05, 3.63) is 42.7 Å². The van der Waals surface area contributed by atoms with Crippen LogP contribution >= 0.6 is 0 Å². The van der Waals surface area contributed by atoms with Gasteiger partial charge < -0.3 is 16.0 Å². The molecule has 5 heterocycles. The fourth-order valence-corrected chi connectivity index (χ4v) is 3.69. The van der Waals surface area contributed by atoms with E-state index in [0.29, 0.717) is 12.2 Å². The van der Waals surface area contributed by atoms with Crippen molar-refractivity contribution in [2.24, 2.45) is 0 Å². The molecule has 1 saturated heterocycles. The van der Waals surface area contributed by atoms with E-state index >= 15 is 0 Å². The minimum atomic E-state index is -2.42. The minimum Gasteiger partial charge on any atom is -0.371 e. The first kappa shape index (κ1) is 20.9. The lowest BCUT2D eigenvalue weighted by atomic mass is 10.1. The fraction of sp³-hybridized carbons (Fsp3) is 0.333. The van der Waals surface area contributed by atoms with Gasteiger partial charge in [-0.15, -0.1) is 5.10 Å². The first-order chi connectivity index (χ1) is 14.9. The quantitative estimate of drug-likeness (QED) is 0.507. The van der Waals surface area contributed by atoms with Gasteiger partial charge in [0.05, 0.1) is 23.3 Å². The van der Waals surface area contributed by atoms with Crippen LogP contribution in [0.15, 0.2) is 42.7 Å². The van der Waals surface area contributed by atoms with Crippen LogP contribution in [0, 0.1) is 0 Å². The molecule has 31 heavy (non-hydrogen) atoms. The molecule has 4 aromatic rings. The molecule has 0 spiro atoms. The van der Waals surface area contributed by atoms with Gasteiger partial charge in [0.15, 0.2) is 5.82 Å². The van der Waals surface area contributed by atoms with Crippen molar-refractivity contribution in [1.82, 2.24) is 29.5 Å². The molecule has 0 unspecified atom stereocenters. The Hall–Kier alpha value is -3.40. The van der Waals surface area contributed by atoms with E-state index in [0.717, 1.165) is 34.4 Å². The van der Waals surface area contributed by atoms with Gasteiger partial charge in [0.25, 0.3) is 5.92 Å². The maximum Gasteiger partial charge on any atom is 0.260 e. The van der Waals surface area contributed by atoms with Crippen LogP contribution < -0.4 is 11.1 Å². The summed E-state index contributed by atoms with van der Waals surface area (Å²) in [6.07, 6.45) is 4.30. The predicted octanol–water partition coefficient (Wildman–Crippen LogP) is 3.31. The number of hydrogen-bond donors (Lipinski definition) is 2. The number of likely N-dealkylation sites (tertiary alicyclic amines) is 1. The Bertz CT molecular complexity index is 1210. The number of alkyl halides is 2. The van der Waals surface area contributed by atoms with Crippen LogP contribution in [0.3, 0.4) is 0 Å². The third kappa shape index (κ3) is 4.53. The maximum absolute atomic E-state index is 12.4. The summed E-state index contributed by atoms with van der Waals surface area (Å²) in [5, 5.41) is 7.25. The smallest absolute Gasteiger partial charge is 0.260 e. The molecule has 0 aromatic carbocycles. The van der Waals surface area contributed by atoms with E-state index in [4.69, 9.17) is 5.73 Å². The van der Waals surface area contributed by atoms with E-state index in [1.54, 1.807) is 29.7 Å². The second-order valence-electron chi connectivity index (χ2n) is 7.53. The number of nitrogens with two attached hydrogens (primary N) is 1. The molecule has 0 amide bonds. The van der Waals surface area contributed by atoms with Gasteiger partial charge in [-0.3, -0.25) is 4.98 Å². The highest BCUT2D eigenvalue weighted by Gasteiger charge is 2.33. The lowest BCUT2D eigenvalue weighted by Gasteiger charge is -2.28. The number of piperidine rings is 1. The molecule has 0 saturated carbocycles. The van der Waals surface area contributed by atoms with Gasteiger partial charge in [0.2, 0.25) is 5.95 Å². The number of fused-ring (bicyclic) bond motifs is 2. The summed E-state index contributed by atoms with van der Waals surface area (Å²) < 4.78 is 26.5. The number of aromatic nitrogens is 5. The summed E-state index contributed by atoms with van der Waals surface area (Å²) >= 11 is 0. The SMILES string of the molecule is CN1CCCC(F)(F)C1.CNc1nc(N)nn2ccc(-c3ccc4ncccc4n3)c12. The van der Waals surface area contributed by atoms with Crippen molar-refractivity contribution in [1.29, 1.82) is 0 Å². The molecule has 1 aliphatic heterocycles. The molecule has 0 aliphatic carbocycles. The Morgan fingerprint density at radius 1 is 1.13 bits per heavy atom. The Morgan fingerprint density at radius 3 is 2.68 bits per heavy atom. The highest BCUT2D eigenvalue weighted by atomic mass is 19.3. The molecule has 162 valence electrons. The van der Waals surface area contributed by atoms with Gasteiger partial charge in [-0.1, -0.05) is 0 Å². The molecule has 5 rings (SSSR count). The number of pyridine rings is 2. The van der Waals surface area contributed by atoms with Crippen LogP contribution in [0.4, 0.5) is 20.5 Å². The molecule has 0 radical (unpaired) electrons. The highest BCUT2D eigenvalue weighted by molar-refractivity contribution is 5.89. The van der Waals surface area contributed by atoms with E-state index < -0.39 is 5.92 Å². The molecule has 1 fully saturated rings. The second kappa shape index (κ2) is 8.38. The number of nitrogens with zero attached hydrogens (tertiary/aromatic N) is 6. The fourth-order valence-electron chi connectivity index (χ4n) is 3.69. The molecule has 8 nitrogen and oxygen atoms in total. The minimum absolute atomic E-state index is 0.0625. The Balaban J connectivity index is 0.000000217. The summed E-state index contributed by atoms with van der Waals surface area (Å²) in [5.41, 5.74) is 10.1. The summed E-state index contributed by atoms with van der Waals surface area (Å²) in [7, 11) is 3.53. The number of nitrogen functional groups attached to an aromatic ring is 1. The van der Waals surface area contributed by atoms with E-state index in [1.807, 2.05) is 36.5 Å². The number of halogens is 2. The van der Waals surface area contributed by atoms with Gasteiger partial charge in [0.1, 0.15) is 5.52 Å². The molecule has 0 bridgehead atoms. The van der Waals surface area contributed by atoms with Crippen molar-refractivity contribution in [2.45, 2.75) is 18.8 Å². The molecule has 0 atom stereocenters. The predicted molar refractivity (Wildman–Crippen MR) is 117 cm³/mol. The zero-order valence-corrected chi connectivity index (χ0v) is 17.4. The Kier molecular flexibility index (Phi) is 5.64. The topological polar surface area (TPSA) is 97.3 Å². The largest absolute Gasteiger partial charge is 0.371 e. The van der Waals surface area contributed by atoms with E-state index in [1.165, 1.54) is 0 Å². The zero-order chi connectivity index (χ0) is 22.0. The van der Waals surface area contributed by atoms with Crippen LogP contribution in [-0.4, -0.2) is 62.6 Å². The summed E-state index contributed by atoms with van der Waals surface area (Å²) in [5.74, 6) is -1.54. The third-order valence-electron chi connectivity index (χ3n) is 5.08. The molecular weight excluding hydrogens is 402 g/mol. The van der Waals surface area contributed by atoms with Crippen LogP contribution in [0.25, 0.3) is 27.8 Å². The first-order valence-corrected chi connectivity index (χ1v) is 9.97. The lowest BCUT2D eigenvalue weighted by molar-refractivity contribution is -0.0571. The molecule has 4 aromatic heterocycles. The van der Waals surface area contributed by atoms with Crippen LogP contribution in [-0.2, 0) is 0 Å². The molecule has 10 heteroatoms. The lowest BCUT2D eigenvalue weighted by Crippen LogP contribution is -2.39. The first-order valence-electron chi connectivity index (χ1n) is 9.97. The van der Waals surface area contributed by atoms with Gasteiger partial charge in [-0.05, 0) is 50.3 Å². The van der Waals surface area contributed by atoms with Crippen LogP contribution in [0.1, 0.15) is 12.8 Å². The van der Waals surface area contributed by atoms with E-state index in [-0.39, 0.29) is 18.9 Å². The van der Waals surface area contributed by atoms with Crippen molar-refractivity contribution in [3.8, 4) is 11.3 Å². The van der Waals surface area contributed by atoms with E-state index in [9.17, 15) is 8.78 Å². The average Bonchev–Trinajstić information content (AvgIpc) is 3.16. The Labute approximate surface area is 178 Å². The number of rotatable bonds is 2. The zero-order valence-electron chi connectivity index (χ0n) is 17.4. The van der Waals surface area contributed by atoms with Crippen molar-refractivity contribution < 1.29 is 8.78 Å². The normalized spacial score (nSPS) is 16.1. The van der Waals surface area contributed by atoms with Crippen molar-refractivity contribution in [2.75, 3.05) is 38.2 Å². The molecular formula is C21H24F2N8. The average molecular weight is 426 g/mol. The second-order valence-corrected chi connectivity index (χ2v) is 7.53. The van der Waals surface area contributed by atoms with Crippen molar-refractivity contribution in [3.63, 3.8) is 0 Å². The summed E-state index contributed by atoms with van der Waals surface area (Å²) in [4.78, 5) is 14.9. The standard InChI is InChI=1S/C15H13N7.C6H11F2N/c1-17-14-13-9(6-8-22(13)21-15(16)20-14)10-4-5-11-12(19-10)3-2-7-18-11;1-9-4-2-3-6(7,8)5-9/h2-8H,1H3,(H3,16,17,20,21);2-5H2,1H3. The summed E-state index contributed by atoms with van der Waals surface area (Å²) in [6, 6.07) is 9.67. The monoisotopic (exact) mass is 426 g/mol. The van der Waals surface area contributed by atoms with Gasteiger partial charge in [-0.2, -0.15) is 4.98 Å². The Morgan fingerprint density at radius 2 is 1.97 bits per heavy atom. The number of hydrogen-bond acceptors (Lipinski definition) is 7. The van der Waals surface area contributed by atoms with Crippen LogP contribution in [0.2, 0.25) is 0 Å². The van der Waals surface area contributed by atoms with Crippen LogP contribution in [0.5, 0.6) is 0 Å². The third-order valence-corrected chi connectivity index (χ3v) is 5.08. The molecule has 1 aliphatic rings. The maximum atomic E-state index is 12.4. The van der Waals surface area contributed by atoms with Gasteiger partial charge in [-0.25, -0.2) is 18.3 Å². The van der Waals surface area contributed by atoms with Crippen molar-refractivity contribution >= 4 is 28.3 Å². The van der Waals surface area contributed by atoms with E-state index in [2.05, 4.69) is 25.4 Å². The summed E-state index contributed by atoms with van der Waals surface area (Å²) in [6.45, 7) is 0.753.